The van der Waals surface area contributed by atoms with E-state index >= 15 is 0 Å². The minimum Gasteiger partial charge on any atom is -0.494 e. The number of hydrogen-bond donors (Lipinski definition) is 0. The minimum atomic E-state index is -2.42. The Kier molecular flexibility index (Phi) is 6.73. The first-order valence-electron chi connectivity index (χ1n) is 11.6. The first-order chi connectivity index (χ1) is 17.4. The molecule has 0 unspecified atom stereocenters. The molecular weight excluding hydrogens is 498 g/mol. The molecule has 9 heteroatoms. The van der Waals surface area contributed by atoms with Crippen LogP contribution in [0.4, 0.5) is 5.69 Å². The molecule has 4 aromatic rings. The fourth-order valence-corrected chi connectivity index (χ4v) is 6.91. The van der Waals surface area contributed by atoms with Gasteiger partial charge in [-0.3, -0.25) is 4.79 Å². The van der Waals surface area contributed by atoms with Crippen LogP contribution in [0.5, 0.6) is 11.6 Å². The van der Waals surface area contributed by atoms with Crippen LogP contribution < -0.4 is 9.47 Å². The number of carbonyl (C=O) groups excluding carboxylic acids is 1. The molecule has 36 heavy (non-hydrogen) atoms. The van der Waals surface area contributed by atoms with Crippen molar-refractivity contribution >= 4 is 43.6 Å². The molecule has 7 nitrogen and oxygen atoms in total. The van der Waals surface area contributed by atoms with Crippen molar-refractivity contribution in [3.63, 3.8) is 0 Å². The first kappa shape index (κ1) is 24.3. The maximum atomic E-state index is 13.6. The Hall–Kier alpha value is -3.36. The van der Waals surface area contributed by atoms with Gasteiger partial charge in [0.1, 0.15) is 23.6 Å². The summed E-state index contributed by atoms with van der Waals surface area (Å²) in [5.41, 5.74) is 1.72. The Morgan fingerprint density at radius 2 is 1.83 bits per heavy atom. The number of halogens is 1. The number of rotatable bonds is 7. The van der Waals surface area contributed by atoms with Crippen LogP contribution in [0.3, 0.4) is 0 Å². The zero-order valence-electron chi connectivity index (χ0n) is 20.1. The molecule has 1 aromatic heterocycles. The normalized spacial score (nSPS) is 14.6. The first-order valence-corrected chi connectivity index (χ1v) is 13.9. The third-order valence-corrected chi connectivity index (χ3v) is 9.05. The fraction of sp³-hybridized carbons (Fsp3) is 0.259. The van der Waals surface area contributed by atoms with Crippen LogP contribution in [0, 0.1) is 0 Å². The number of aryl methyl sites for hydroxylation is 1. The number of methoxy groups -OCH3 is 1. The Balaban J connectivity index is 1.46. The Morgan fingerprint density at radius 3 is 2.58 bits per heavy atom. The van der Waals surface area contributed by atoms with Gasteiger partial charge in [0, 0.05) is 24.1 Å². The summed E-state index contributed by atoms with van der Waals surface area (Å²) >= 11 is 6.68. The van der Waals surface area contributed by atoms with Crippen molar-refractivity contribution in [2.45, 2.75) is 19.4 Å². The molecule has 5 rings (SSSR count). The van der Waals surface area contributed by atoms with E-state index in [9.17, 15) is 9.00 Å². The number of fused-ring (bicyclic) bond motifs is 1. The van der Waals surface area contributed by atoms with Crippen molar-refractivity contribution in [3.8, 4) is 11.6 Å². The van der Waals surface area contributed by atoms with E-state index < -0.39 is 9.73 Å². The second-order valence-corrected chi connectivity index (χ2v) is 11.7. The molecule has 3 aromatic carbocycles. The number of aromatic nitrogens is 2. The summed E-state index contributed by atoms with van der Waals surface area (Å²) < 4.78 is 30.6. The summed E-state index contributed by atoms with van der Waals surface area (Å²) in [7, 11) is 0.789. The third-order valence-electron chi connectivity index (χ3n) is 6.30. The van der Waals surface area contributed by atoms with E-state index in [0.29, 0.717) is 23.1 Å². The van der Waals surface area contributed by atoms with Gasteiger partial charge in [0.25, 0.3) is 0 Å². The SMILES string of the molecule is COc1ccc(C(=O)c2cnn(C)c2OCc2ccc3ccccc3c2)c(Cl)c1N=S1(=O)CCCC1. The van der Waals surface area contributed by atoms with Gasteiger partial charge in [0.05, 0.1) is 28.1 Å². The number of carbonyl (C=O) groups is 1. The summed E-state index contributed by atoms with van der Waals surface area (Å²) in [6.45, 7) is 0.267. The van der Waals surface area contributed by atoms with Crippen LogP contribution in [0.1, 0.15) is 34.3 Å². The molecule has 0 aliphatic carbocycles. The highest BCUT2D eigenvalue weighted by Gasteiger charge is 2.26. The molecular formula is C27H26ClN3O4S. The molecule has 0 bridgehead atoms. The molecule has 1 saturated heterocycles. The maximum absolute atomic E-state index is 13.6. The van der Waals surface area contributed by atoms with Gasteiger partial charge in [0.15, 0.2) is 0 Å². The lowest BCUT2D eigenvalue weighted by molar-refractivity contribution is 0.103. The second-order valence-electron chi connectivity index (χ2n) is 8.74. The fourth-order valence-electron chi connectivity index (χ4n) is 4.37. The highest BCUT2D eigenvalue weighted by molar-refractivity contribution is 7.93. The van der Waals surface area contributed by atoms with Gasteiger partial charge in [-0.15, -0.1) is 0 Å². The molecule has 0 amide bonds. The van der Waals surface area contributed by atoms with Gasteiger partial charge in [-0.2, -0.15) is 9.46 Å². The summed E-state index contributed by atoms with van der Waals surface area (Å²) in [6, 6.07) is 17.4. The summed E-state index contributed by atoms with van der Waals surface area (Å²) in [6.07, 6.45) is 3.18. The monoisotopic (exact) mass is 523 g/mol. The molecule has 0 radical (unpaired) electrons. The predicted octanol–water partition coefficient (Wildman–Crippen LogP) is 5.94. The number of benzene rings is 3. The molecule has 0 N–H and O–H groups in total. The second kappa shape index (κ2) is 9.95. The lowest BCUT2D eigenvalue weighted by Crippen LogP contribution is -2.08. The predicted molar refractivity (Wildman–Crippen MR) is 142 cm³/mol. The van der Waals surface area contributed by atoms with Gasteiger partial charge in [-0.1, -0.05) is 48.0 Å². The van der Waals surface area contributed by atoms with E-state index in [-0.39, 0.29) is 34.2 Å². The average Bonchev–Trinajstić information content (AvgIpc) is 3.48. The quantitative estimate of drug-likeness (QED) is 0.280. The van der Waals surface area contributed by atoms with Crippen molar-refractivity contribution in [3.05, 3.63) is 82.5 Å². The van der Waals surface area contributed by atoms with Crippen molar-refractivity contribution < 1.29 is 18.5 Å². The average molecular weight is 524 g/mol. The number of ketones is 1. The summed E-state index contributed by atoms with van der Waals surface area (Å²) in [5, 5.41) is 6.61. The van der Waals surface area contributed by atoms with Crippen LogP contribution in [0.15, 0.2) is 65.2 Å². The van der Waals surface area contributed by atoms with Crippen LogP contribution >= 0.6 is 11.6 Å². The van der Waals surface area contributed by atoms with E-state index in [1.54, 1.807) is 19.2 Å². The van der Waals surface area contributed by atoms with Crippen molar-refractivity contribution in [1.29, 1.82) is 0 Å². The largest absolute Gasteiger partial charge is 0.494 e. The molecule has 1 aliphatic rings. The molecule has 0 saturated carbocycles. The van der Waals surface area contributed by atoms with Gasteiger partial charge < -0.3 is 9.47 Å². The zero-order valence-corrected chi connectivity index (χ0v) is 21.6. The third kappa shape index (κ3) is 4.70. The number of ether oxygens (including phenoxy) is 2. The standard InChI is InChI=1S/C27H26ClN3O4S/c1-31-27(35-17-18-9-10-19-7-3-4-8-20(19)15-18)22(16-29-31)26(32)21-11-12-23(34-2)25(24(21)28)30-36(33)13-5-6-14-36/h3-4,7-12,15-16H,5-6,13-14,17H2,1-2H3. The minimum absolute atomic E-state index is 0.110. The van der Waals surface area contributed by atoms with Gasteiger partial charge in [-0.05, 0) is 47.4 Å². The van der Waals surface area contributed by atoms with Crippen molar-refractivity contribution in [1.82, 2.24) is 9.78 Å². The molecule has 186 valence electrons. The van der Waals surface area contributed by atoms with Gasteiger partial charge in [0.2, 0.25) is 11.7 Å². The van der Waals surface area contributed by atoms with Crippen LogP contribution in [-0.4, -0.2) is 38.4 Å². The topological polar surface area (TPSA) is 82.8 Å². The van der Waals surface area contributed by atoms with Gasteiger partial charge >= 0.3 is 0 Å². The molecule has 0 atom stereocenters. The van der Waals surface area contributed by atoms with Crippen LogP contribution in [0.25, 0.3) is 10.8 Å². The van der Waals surface area contributed by atoms with Crippen molar-refractivity contribution in [2.75, 3.05) is 18.6 Å². The van der Waals surface area contributed by atoms with Gasteiger partial charge in [-0.25, -0.2) is 8.89 Å². The Morgan fingerprint density at radius 1 is 1.08 bits per heavy atom. The molecule has 1 fully saturated rings. The number of hydrogen-bond acceptors (Lipinski definition) is 6. The van der Waals surface area contributed by atoms with E-state index in [2.05, 4.69) is 21.6 Å². The number of nitrogens with zero attached hydrogens (tertiary/aromatic N) is 3. The molecule has 0 spiro atoms. The van der Waals surface area contributed by atoms with E-state index in [0.717, 1.165) is 29.2 Å². The van der Waals surface area contributed by atoms with E-state index in [1.165, 1.54) is 18.0 Å². The highest BCUT2D eigenvalue weighted by atomic mass is 35.5. The van der Waals surface area contributed by atoms with E-state index in [1.807, 2.05) is 30.3 Å². The smallest absolute Gasteiger partial charge is 0.223 e. The molecule has 1 aliphatic heterocycles. The zero-order chi connectivity index (χ0) is 25.3. The summed E-state index contributed by atoms with van der Waals surface area (Å²) in [4.78, 5) is 13.6. The van der Waals surface area contributed by atoms with Crippen molar-refractivity contribution in [2.24, 2.45) is 11.4 Å². The van der Waals surface area contributed by atoms with Crippen LogP contribution in [-0.2, 0) is 23.4 Å². The Labute approximate surface area is 215 Å². The lowest BCUT2D eigenvalue weighted by atomic mass is 10.0. The maximum Gasteiger partial charge on any atom is 0.223 e. The lowest BCUT2D eigenvalue weighted by Gasteiger charge is -2.13. The highest BCUT2D eigenvalue weighted by Crippen LogP contribution is 2.41. The van der Waals surface area contributed by atoms with Crippen LogP contribution in [0.2, 0.25) is 5.02 Å². The van der Waals surface area contributed by atoms with E-state index in [4.69, 9.17) is 21.1 Å². The summed E-state index contributed by atoms with van der Waals surface area (Å²) in [5.74, 6) is 1.38. The Bertz CT molecular complexity index is 1580. The molecule has 2 heterocycles.